The van der Waals surface area contributed by atoms with E-state index < -0.39 is 0 Å². The Labute approximate surface area is 179 Å². The average molecular weight is 441 g/mol. The first-order valence-electron chi connectivity index (χ1n) is 9.68. The molecule has 3 aromatic heterocycles. The van der Waals surface area contributed by atoms with Crippen LogP contribution in [0.1, 0.15) is 68.0 Å². The first kappa shape index (κ1) is 20.9. The topological polar surface area (TPSA) is 24.9 Å². The van der Waals surface area contributed by atoms with Crippen LogP contribution in [0.3, 0.4) is 0 Å². The van der Waals surface area contributed by atoms with Crippen molar-refractivity contribution in [1.29, 1.82) is 0 Å². The lowest BCUT2D eigenvalue weighted by Gasteiger charge is -2.15. The molecule has 0 saturated heterocycles. The Morgan fingerprint density at radius 2 is 1.89 bits per heavy atom. The Balaban J connectivity index is 1.94. The van der Waals surface area contributed by atoms with Crippen LogP contribution in [0.2, 0.25) is 10.2 Å². The summed E-state index contributed by atoms with van der Waals surface area (Å²) in [5, 5.41) is 6.92. The molecular weight excluding hydrogens is 415 g/mol. The minimum absolute atomic E-state index is 0.487. The lowest BCUT2D eigenvalue weighted by molar-refractivity contribution is 0.531. The average Bonchev–Trinajstić information content (AvgIpc) is 3.29. The molecule has 3 heterocycles. The van der Waals surface area contributed by atoms with Crippen LogP contribution in [0.15, 0.2) is 23.6 Å². The van der Waals surface area contributed by atoms with Crippen molar-refractivity contribution >= 4 is 61.8 Å². The monoisotopic (exact) mass is 440 g/mol. The summed E-state index contributed by atoms with van der Waals surface area (Å²) < 4.78 is 1.12. The van der Waals surface area contributed by atoms with Gasteiger partial charge in [0.25, 0.3) is 0 Å². The van der Waals surface area contributed by atoms with Crippen molar-refractivity contribution in [2.24, 2.45) is 0 Å². The predicted octanol–water partition coefficient (Wildman–Crippen LogP) is 8.74. The Morgan fingerprint density at radius 1 is 1.15 bits per heavy atom. The molecule has 0 aromatic carbocycles. The van der Waals surface area contributed by atoms with E-state index in [9.17, 15) is 0 Å². The minimum atomic E-state index is 0.487. The molecule has 1 N–H and O–H groups in total. The highest BCUT2D eigenvalue weighted by molar-refractivity contribution is 7.20. The van der Waals surface area contributed by atoms with Crippen LogP contribution in [0.25, 0.3) is 10.2 Å². The van der Waals surface area contributed by atoms with Crippen LogP contribution in [0.4, 0.5) is 5.69 Å². The number of rotatable bonds is 10. The Kier molecular flexibility index (Phi) is 7.83. The molecule has 0 spiro atoms. The maximum atomic E-state index is 6.82. The summed E-state index contributed by atoms with van der Waals surface area (Å²) >= 11 is 16.7. The summed E-state index contributed by atoms with van der Waals surface area (Å²) in [7, 11) is 0. The number of hydrogen-bond donors (Lipinski definition) is 1. The predicted molar refractivity (Wildman–Crippen MR) is 123 cm³/mol. The highest BCUT2D eigenvalue weighted by atomic mass is 35.5. The zero-order valence-corrected chi connectivity index (χ0v) is 19.0. The van der Waals surface area contributed by atoms with E-state index in [1.807, 2.05) is 6.07 Å². The molecule has 0 fully saturated rings. The molecule has 3 rings (SSSR count). The van der Waals surface area contributed by atoms with Gasteiger partial charge in [-0.3, -0.25) is 0 Å². The van der Waals surface area contributed by atoms with Gasteiger partial charge in [-0.25, -0.2) is 4.98 Å². The molecule has 0 aliphatic rings. The maximum absolute atomic E-state index is 6.82. The largest absolute Gasteiger partial charge is 0.379 e. The third-order valence-electron chi connectivity index (χ3n) is 4.79. The summed E-state index contributed by atoms with van der Waals surface area (Å²) in [5.41, 5.74) is 1.87. The van der Waals surface area contributed by atoms with Gasteiger partial charge in [-0.05, 0) is 30.2 Å². The normalized spacial score (nSPS) is 11.6. The van der Waals surface area contributed by atoms with Crippen LogP contribution in [0, 0.1) is 0 Å². The number of thiophene rings is 2. The summed E-state index contributed by atoms with van der Waals surface area (Å²) in [6.45, 7) is 5.28. The zero-order valence-electron chi connectivity index (χ0n) is 15.9. The summed E-state index contributed by atoms with van der Waals surface area (Å²) in [6.07, 6.45) is 7.27. The van der Waals surface area contributed by atoms with E-state index in [2.05, 4.69) is 41.7 Å². The highest BCUT2D eigenvalue weighted by Crippen LogP contribution is 2.45. The van der Waals surface area contributed by atoms with E-state index in [1.54, 1.807) is 22.7 Å². The van der Waals surface area contributed by atoms with Gasteiger partial charge in [-0.2, -0.15) is 0 Å². The van der Waals surface area contributed by atoms with E-state index in [1.165, 1.54) is 48.3 Å². The standard InChI is InChI=1S/C21H26Cl2N2S2/c1-3-5-8-14(9-6-4-2)20-18(23)19-21(27-20)16(12-17(22)25-19)24-13-15-10-7-11-26-15/h7,10-12,14H,3-6,8-9,13H2,1-2H3,(H,24,25). The number of nitrogens with one attached hydrogen (secondary N) is 1. The van der Waals surface area contributed by atoms with Gasteiger partial charge in [0.2, 0.25) is 0 Å². The summed E-state index contributed by atoms with van der Waals surface area (Å²) in [4.78, 5) is 7.13. The molecule has 0 aliphatic carbocycles. The number of anilines is 1. The molecule has 6 heteroatoms. The Hall–Kier alpha value is -0.810. The molecule has 146 valence electrons. The van der Waals surface area contributed by atoms with Gasteiger partial charge in [-0.15, -0.1) is 22.7 Å². The first-order chi connectivity index (χ1) is 13.1. The molecule has 0 unspecified atom stereocenters. The molecule has 27 heavy (non-hydrogen) atoms. The van der Waals surface area contributed by atoms with Crippen molar-refractivity contribution < 1.29 is 0 Å². The number of hydrogen-bond acceptors (Lipinski definition) is 4. The lowest BCUT2D eigenvalue weighted by Crippen LogP contribution is -1.98. The molecule has 3 aromatic rings. The molecule has 0 atom stereocenters. The molecule has 0 amide bonds. The molecule has 0 aliphatic heterocycles. The zero-order chi connectivity index (χ0) is 19.2. The number of fused-ring (bicyclic) bond motifs is 1. The van der Waals surface area contributed by atoms with Crippen molar-refractivity contribution in [1.82, 2.24) is 4.98 Å². The van der Waals surface area contributed by atoms with Gasteiger partial charge in [0.15, 0.2) is 0 Å². The van der Waals surface area contributed by atoms with Gasteiger partial charge < -0.3 is 5.32 Å². The third-order valence-corrected chi connectivity index (χ3v) is 7.73. The molecular formula is C21H26Cl2N2S2. The Bertz CT molecular complexity index is 851. The maximum Gasteiger partial charge on any atom is 0.131 e. The number of aromatic nitrogens is 1. The summed E-state index contributed by atoms with van der Waals surface area (Å²) in [5.74, 6) is 0.514. The fraction of sp³-hybridized carbons (Fsp3) is 0.476. The molecule has 0 bridgehead atoms. The fourth-order valence-corrected chi connectivity index (χ4v) is 5.92. The van der Waals surface area contributed by atoms with E-state index in [4.69, 9.17) is 23.2 Å². The Morgan fingerprint density at radius 3 is 2.52 bits per heavy atom. The van der Waals surface area contributed by atoms with E-state index in [0.29, 0.717) is 11.1 Å². The second-order valence-corrected chi connectivity index (χ2v) is 9.71. The molecule has 0 radical (unpaired) electrons. The minimum Gasteiger partial charge on any atom is -0.379 e. The number of nitrogens with zero attached hydrogens (tertiary/aromatic N) is 1. The first-order valence-corrected chi connectivity index (χ1v) is 12.1. The summed E-state index contributed by atoms with van der Waals surface area (Å²) in [6, 6.07) is 6.13. The van der Waals surface area contributed by atoms with Gasteiger partial charge in [0.05, 0.1) is 15.4 Å². The van der Waals surface area contributed by atoms with Crippen molar-refractivity contribution in [3.05, 3.63) is 43.5 Å². The highest BCUT2D eigenvalue weighted by Gasteiger charge is 2.22. The molecule has 0 saturated carbocycles. The van der Waals surface area contributed by atoms with Crippen LogP contribution in [-0.2, 0) is 6.54 Å². The van der Waals surface area contributed by atoms with E-state index in [-0.39, 0.29) is 0 Å². The smallest absolute Gasteiger partial charge is 0.131 e. The second kappa shape index (κ2) is 10.1. The fourth-order valence-electron chi connectivity index (χ4n) is 3.32. The van der Waals surface area contributed by atoms with Crippen LogP contribution in [0.5, 0.6) is 0 Å². The van der Waals surface area contributed by atoms with E-state index >= 15 is 0 Å². The van der Waals surface area contributed by atoms with Gasteiger partial charge in [0.1, 0.15) is 10.7 Å². The van der Waals surface area contributed by atoms with Crippen molar-refractivity contribution in [3.63, 3.8) is 0 Å². The van der Waals surface area contributed by atoms with Gasteiger partial charge >= 0.3 is 0 Å². The van der Waals surface area contributed by atoms with Crippen LogP contribution in [-0.4, -0.2) is 4.98 Å². The van der Waals surface area contributed by atoms with Gasteiger partial charge in [-0.1, -0.05) is 68.8 Å². The van der Waals surface area contributed by atoms with Crippen LogP contribution >= 0.6 is 45.9 Å². The van der Waals surface area contributed by atoms with Crippen molar-refractivity contribution in [2.75, 3.05) is 5.32 Å². The quantitative estimate of drug-likeness (QED) is 0.318. The third kappa shape index (κ3) is 5.17. The number of unbranched alkanes of at least 4 members (excludes halogenated alkanes) is 2. The van der Waals surface area contributed by atoms with E-state index in [0.717, 1.165) is 27.5 Å². The van der Waals surface area contributed by atoms with Crippen molar-refractivity contribution in [3.8, 4) is 0 Å². The lowest BCUT2D eigenvalue weighted by atomic mass is 9.94. The SMILES string of the molecule is CCCCC(CCCC)c1sc2c(NCc3cccs3)cc(Cl)nc2c1Cl. The number of halogens is 2. The molecule has 2 nitrogen and oxygen atoms in total. The van der Waals surface area contributed by atoms with Crippen molar-refractivity contribution in [2.45, 2.75) is 64.8 Å². The van der Waals surface area contributed by atoms with Gasteiger partial charge in [0, 0.05) is 22.4 Å². The number of pyridine rings is 1. The second-order valence-electron chi connectivity index (χ2n) is 6.86. The van der Waals surface area contributed by atoms with Crippen LogP contribution < -0.4 is 5.32 Å².